The molecule has 3 rings (SSSR count). The summed E-state index contributed by atoms with van der Waals surface area (Å²) >= 11 is 1.74. The highest BCUT2D eigenvalue weighted by atomic mass is 32.2. The Hall–Kier alpha value is -3.22. The predicted octanol–water partition coefficient (Wildman–Crippen LogP) is 3.49. The van der Waals surface area contributed by atoms with Crippen LogP contribution in [0.15, 0.2) is 52.3 Å². The number of nitro benzene ring substituents is 1. The summed E-state index contributed by atoms with van der Waals surface area (Å²) in [6.45, 7) is -0.665. The minimum Gasteiger partial charge on any atom is -0.396 e. The van der Waals surface area contributed by atoms with Crippen molar-refractivity contribution in [1.29, 1.82) is 0 Å². The second kappa shape index (κ2) is 10.4. The first-order chi connectivity index (χ1) is 15.3. The molecule has 2 aromatic rings. The van der Waals surface area contributed by atoms with Crippen LogP contribution in [0.25, 0.3) is 6.08 Å². The highest BCUT2D eigenvalue weighted by Crippen LogP contribution is 2.34. The van der Waals surface area contributed by atoms with Crippen LogP contribution in [0.4, 0.5) is 20.6 Å². The minimum absolute atomic E-state index is 0.0228. The van der Waals surface area contributed by atoms with Crippen LogP contribution in [0.1, 0.15) is 5.56 Å². The molecule has 3 amide bonds. The van der Waals surface area contributed by atoms with Gasteiger partial charge in [-0.3, -0.25) is 29.4 Å². The summed E-state index contributed by atoms with van der Waals surface area (Å²) < 4.78 is 13.0. The van der Waals surface area contributed by atoms with E-state index in [1.165, 1.54) is 30.3 Å². The van der Waals surface area contributed by atoms with Gasteiger partial charge in [0, 0.05) is 17.5 Å². The number of nitro groups is 1. The number of nitrogens with one attached hydrogen (secondary N) is 1. The molecule has 2 aromatic carbocycles. The van der Waals surface area contributed by atoms with E-state index < -0.39 is 34.3 Å². The molecule has 1 heterocycles. The summed E-state index contributed by atoms with van der Waals surface area (Å²) in [5.41, 5.74) is 0.465. The number of hydrogen-bond acceptors (Lipinski definition) is 8. The second-order valence-corrected chi connectivity index (χ2v) is 8.51. The van der Waals surface area contributed by atoms with Crippen LogP contribution in [-0.2, 0) is 9.59 Å². The van der Waals surface area contributed by atoms with Crippen molar-refractivity contribution in [3.8, 4) is 0 Å². The Labute approximate surface area is 189 Å². The molecule has 1 saturated heterocycles. The quantitative estimate of drug-likeness (QED) is 0.256. The Morgan fingerprint density at radius 3 is 2.62 bits per heavy atom. The van der Waals surface area contributed by atoms with Crippen LogP contribution >= 0.6 is 23.5 Å². The monoisotopic (exact) mass is 477 g/mol. The number of halogens is 1. The maximum atomic E-state index is 13.0. The number of anilines is 1. The Kier molecular flexibility index (Phi) is 7.62. The van der Waals surface area contributed by atoms with Crippen LogP contribution in [-0.4, -0.2) is 50.9 Å². The van der Waals surface area contributed by atoms with E-state index >= 15 is 0 Å². The van der Waals surface area contributed by atoms with Crippen LogP contribution in [0, 0.1) is 15.9 Å². The maximum Gasteiger partial charge on any atom is 0.294 e. The molecular weight excluding hydrogens is 461 g/mol. The smallest absolute Gasteiger partial charge is 0.294 e. The lowest BCUT2D eigenvalue weighted by molar-refractivity contribution is -0.387. The fraction of sp³-hybridized carbons (Fsp3) is 0.150. The van der Waals surface area contributed by atoms with Gasteiger partial charge in [0.2, 0.25) is 5.91 Å². The van der Waals surface area contributed by atoms with Gasteiger partial charge in [-0.05, 0) is 53.7 Å². The topological polar surface area (TPSA) is 130 Å². The number of amides is 3. The second-order valence-electron chi connectivity index (χ2n) is 6.38. The third-order valence-corrected chi connectivity index (χ3v) is 6.08. The summed E-state index contributed by atoms with van der Waals surface area (Å²) in [6, 6.07) is 9.34. The Balaban J connectivity index is 1.73. The number of carbonyl (C=O) groups excluding carboxylic acids is 3. The SMILES string of the molecule is O=C(CN1C(=O)SC(=Cc2ccc(SCCO)c([N+](=O)[O-])c2)C1=O)Nc1ccc(F)cc1. The molecule has 1 aliphatic heterocycles. The molecule has 0 bridgehead atoms. The van der Waals surface area contributed by atoms with Crippen molar-refractivity contribution in [2.45, 2.75) is 4.90 Å². The van der Waals surface area contributed by atoms with Crippen LogP contribution in [0.5, 0.6) is 0 Å². The highest BCUT2D eigenvalue weighted by molar-refractivity contribution is 8.18. The molecule has 1 fully saturated rings. The van der Waals surface area contributed by atoms with E-state index in [0.717, 1.165) is 28.8 Å². The van der Waals surface area contributed by atoms with E-state index in [2.05, 4.69) is 5.32 Å². The van der Waals surface area contributed by atoms with E-state index in [0.29, 0.717) is 33.7 Å². The van der Waals surface area contributed by atoms with Gasteiger partial charge in [-0.2, -0.15) is 0 Å². The van der Waals surface area contributed by atoms with Crippen LogP contribution in [0.3, 0.4) is 0 Å². The number of thioether (sulfide) groups is 2. The molecule has 1 aliphatic rings. The lowest BCUT2D eigenvalue weighted by Crippen LogP contribution is -2.36. The number of imide groups is 1. The molecule has 166 valence electrons. The van der Waals surface area contributed by atoms with E-state index in [1.807, 2.05) is 0 Å². The van der Waals surface area contributed by atoms with Gasteiger partial charge >= 0.3 is 0 Å². The third-order valence-electron chi connectivity index (χ3n) is 4.13. The van der Waals surface area contributed by atoms with Gasteiger partial charge < -0.3 is 10.4 Å². The predicted molar refractivity (Wildman–Crippen MR) is 119 cm³/mol. The van der Waals surface area contributed by atoms with E-state index in [4.69, 9.17) is 5.11 Å². The summed E-state index contributed by atoms with van der Waals surface area (Å²) in [4.78, 5) is 48.9. The molecule has 0 saturated carbocycles. The van der Waals surface area contributed by atoms with Crippen molar-refractivity contribution in [2.24, 2.45) is 0 Å². The third kappa shape index (κ3) is 5.72. The number of nitrogens with zero attached hydrogens (tertiary/aromatic N) is 2. The largest absolute Gasteiger partial charge is 0.396 e. The molecule has 0 aromatic heterocycles. The molecule has 0 radical (unpaired) electrons. The standard InChI is InChI=1S/C20H16FN3O6S2/c21-13-2-4-14(5-3-13)22-18(26)11-23-19(27)17(32-20(23)28)10-12-1-6-16(31-8-7-25)15(9-12)24(29)30/h1-6,9-10,25H,7-8,11H2,(H,22,26). The summed E-state index contributed by atoms with van der Waals surface area (Å²) in [5, 5.41) is 22.1. The number of aliphatic hydroxyl groups excluding tert-OH is 1. The fourth-order valence-corrected chi connectivity index (χ4v) is 4.30. The molecule has 0 unspecified atom stereocenters. The molecular formula is C20H16FN3O6S2. The fourth-order valence-electron chi connectivity index (χ4n) is 2.71. The maximum absolute atomic E-state index is 13.0. The molecule has 0 spiro atoms. The number of benzene rings is 2. The number of aliphatic hydroxyl groups is 1. The first kappa shape index (κ1) is 23.4. The minimum atomic E-state index is -0.698. The zero-order chi connectivity index (χ0) is 23.3. The molecule has 9 nitrogen and oxygen atoms in total. The van der Waals surface area contributed by atoms with E-state index in [9.17, 15) is 28.9 Å². The van der Waals surface area contributed by atoms with E-state index in [1.54, 1.807) is 6.07 Å². The van der Waals surface area contributed by atoms with E-state index in [-0.39, 0.29) is 17.2 Å². The number of carbonyl (C=O) groups is 3. The van der Waals surface area contributed by atoms with Gasteiger partial charge in [0.1, 0.15) is 12.4 Å². The van der Waals surface area contributed by atoms with Crippen molar-refractivity contribution in [3.05, 3.63) is 68.9 Å². The Morgan fingerprint density at radius 1 is 1.25 bits per heavy atom. The first-order valence-electron chi connectivity index (χ1n) is 9.11. The molecule has 2 N–H and O–H groups in total. The molecule has 12 heteroatoms. The highest BCUT2D eigenvalue weighted by Gasteiger charge is 2.36. The Morgan fingerprint density at radius 2 is 1.97 bits per heavy atom. The van der Waals surface area contributed by atoms with Crippen molar-refractivity contribution >= 4 is 58.0 Å². The lowest BCUT2D eigenvalue weighted by atomic mass is 10.2. The van der Waals surface area contributed by atoms with Crippen molar-refractivity contribution in [3.63, 3.8) is 0 Å². The Bertz CT molecular complexity index is 1110. The van der Waals surface area contributed by atoms with Gasteiger partial charge in [-0.1, -0.05) is 6.07 Å². The molecule has 0 atom stereocenters. The zero-order valence-electron chi connectivity index (χ0n) is 16.3. The van der Waals surface area contributed by atoms with Crippen molar-refractivity contribution in [1.82, 2.24) is 4.90 Å². The van der Waals surface area contributed by atoms with Crippen molar-refractivity contribution in [2.75, 3.05) is 24.2 Å². The average molecular weight is 477 g/mol. The van der Waals surface area contributed by atoms with Gasteiger partial charge in [0.05, 0.1) is 21.3 Å². The van der Waals surface area contributed by atoms with Gasteiger partial charge in [0.25, 0.3) is 16.8 Å². The zero-order valence-corrected chi connectivity index (χ0v) is 18.0. The summed E-state index contributed by atoms with van der Waals surface area (Å²) in [6.07, 6.45) is 1.34. The van der Waals surface area contributed by atoms with Crippen LogP contribution in [0.2, 0.25) is 0 Å². The van der Waals surface area contributed by atoms with Gasteiger partial charge in [-0.25, -0.2) is 4.39 Å². The summed E-state index contributed by atoms with van der Waals surface area (Å²) in [7, 11) is 0. The lowest BCUT2D eigenvalue weighted by Gasteiger charge is -2.12. The van der Waals surface area contributed by atoms with Crippen LogP contribution < -0.4 is 5.32 Å². The normalized spacial score (nSPS) is 14.8. The average Bonchev–Trinajstić information content (AvgIpc) is 3.01. The van der Waals surface area contributed by atoms with Crippen molar-refractivity contribution < 1.29 is 28.8 Å². The first-order valence-corrected chi connectivity index (χ1v) is 10.9. The summed E-state index contributed by atoms with van der Waals surface area (Å²) in [5.74, 6) is -1.52. The molecule has 32 heavy (non-hydrogen) atoms. The van der Waals surface area contributed by atoms with Gasteiger partial charge in [0.15, 0.2) is 0 Å². The number of rotatable bonds is 8. The molecule has 0 aliphatic carbocycles. The van der Waals surface area contributed by atoms with Gasteiger partial charge in [-0.15, -0.1) is 11.8 Å². The number of hydrogen-bond donors (Lipinski definition) is 2.